The Bertz CT molecular complexity index is 398. The maximum absolute atomic E-state index is 10.5. The Balaban J connectivity index is 0.00000112. The standard InChI is InChI=1S/C9H12N2O2S.Y/c1-6-4-7-2-3-10-9(7)5-8(6)11-14(12)13;/h4-5,10-11H,2-3H2,1H3,(H,12,13);/p-1. The van der Waals surface area contributed by atoms with Gasteiger partial charge < -0.3 is 14.6 Å². The van der Waals surface area contributed by atoms with Gasteiger partial charge in [0.15, 0.2) is 0 Å². The quantitative estimate of drug-likeness (QED) is 0.806. The van der Waals surface area contributed by atoms with E-state index in [0.29, 0.717) is 5.69 Å². The molecule has 15 heavy (non-hydrogen) atoms. The second-order valence-electron chi connectivity index (χ2n) is 3.34. The van der Waals surface area contributed by atoms with Gasteiger partial charge in [-0.25, -0.2) is 0 Å². The predicted octanol–water partition coefficient (Wildman–Crippen LogP) is 1.17. The molecule has 79 valence electrons. The fourth-order valence-electron chi connectivity index (χ4n) is 1.67. The van der Waals surface area contributed by atoms with Crippen molar-refractivity contribution < 1.29 is 41.5 Å². The van der Waals surface area contributed by atoms with Crippen LogP contribution in [-0.2, 0) is 50.4 Å². The van der Waals surface area contributed by atoms with Gasteiger partial charge >= 0.3 is 0 Å². The molecular weight excluding hydrogens is 289 g/mol. The summed E-state index contributed by atoms with van der Waals surface area (Å²) < 4.78 is 23.4. The zero-order valence-electron chi connectivity index (χ0n) is 8.37. The molecule has 0 saturated carbocycles. The number of nitrogens with one attached hydrogen (secondary N) is 2. The first-order valence-corrected chi connectivity index (χ1v) is 5.47. The van der Waals surface area contributed by atoms with E-state index in [1.165, 1.54) is 5.56 Å². The zero-order chi connectivity index (χ0) is 10.1. The van der Waals surface area contributed by atoms with Crippen molar-refractivity contribution in [2.75, 3.05) is 16.6 Å². The molecule has 1 heterocycles. The van der Waals surface area contributed by atoms with Crippen molar-refractivity contribution in [3.63, 3.8) is 0 Å². The summed E-state index contributed by atoms with van der Waals surface area (Å²) in [6, 6.07) is 3.86. The third-order valence-electron chi connectivity index (χ3n) is 2.35. The molecular formula is C9H11N2O2SY-. The number of benzene rings is 1. The summed E-state index contributed by atoms with van der Waals surface area (Å²) in [6.45, 7) is 2.83. The van der Waals surface area contributed by atoms with Gasteiger partial charge in [0.05, 0.1) is 5.69 Å². The first-order chi connectivity index (χ1) is 6.66. The third-order valence-corrected chi connectivity index (χ3v) is 2.74. The Kier molecular flexibility index (Phi) is 4.71. The van der Waals surface area contributed by atoms with Crippen molar-refractivity contribution in [1.29, 1.82) is 0 Å². The van der Waals surface area contributed by atoms with E-state index < -0.39 is 11.3 Å². The van der Waals surface area contributed by atoms with Crippen molar-refractivity contribution >= 4 is 22.6 Å². The Hall–Kier alpha value is 0.0339. The molecule has 4 nitrogen and oxygen atoms in total. The first-order valence-electron chi connectivity index (χ1n) is 4.40. The number of fused-ring (bicyclic) bond motifs is 1. The summed E-state index contributed by atoms with van der Waals surface area (Å²) in [5.74, 6) is 0. The molecule has 1 atom stereocenters. The van der Waals surface area contributed by atoms with Crippen LogP contribution < -0.4 is 10.0 Å². The van der Waals surface area contributed by atoms with Gasteiger partial charge in [-0.15, -0.1) is 0 Å². The van der Waals surface area contributed by atoms with Gasteiger partial charge in [0.1, 0.15) is 0 Å². The Labute approximate surface area is 117 Å². The molecule has 1 radical (unpaired) electrons. The summed E-state index contributed by atoms with van der Waals surface area (Å²) in [7, 11) is 0. The van der Waals surface area contributed by atoms with E-state index in [1.807, 2.05) is 19.1 Å². The number of hydrogen-bond acceptors (Lipinski definition) is 3. The monoisotopic (exact) mass is 300 g/mol. The van der Waals surface area contributed by atoms with Crippen LogP contribution in [0.4, 0.5) is 11.4 Å². The summed E-state index contributed by atoms with van der Waals surface area (Å²) in [5, 5.41) is 3.20. The van der Waals surface area contributed by atoms with Gasteiger partial charge in [-0.2, -0.15) is 0 Å². The summed E-state index contributed by atoms with van der Waals surface area (Å²) in [5.41, 5.74) is 3.89. The molecule has 0 bridgehead atoms. The van der Waals surface area contributed by atoms with Crippen molar-refractivity contribution in [2.45, 2.75) is 13.3 Å². The third kappa shape index (κ3) is 3.00. The molecule has 0 amide bonds. The minimum atomic E-state index is -2.25. The smallest absolute Gasteiger partial charge is 0.0502 e. The van der Waals surface area contributed by atoms with Crippen molar-refractivity contribution in [2.24, 2.45) is 0 Å². The molecule has 0 fully saturated rings. The molecule has 0 saturated heterocycles. The minimum Gasteiger partial charge on any atom is -0.755 e. The van der Waals surface area contributed by atoms with E-state index in [1.54, 1.807) is 0 Å². The van der Waals surface area contributed by atoms with E-state index in [0.717, 1.165) is 24.2 Å². The zero-order valence-corrected chi connectivity index (χ0v) is 12.0. The summed E-state index contributed by atoms with van der Waals surface area (Å²) in [6.07, 6.45) is 1.01. The average molecular weight is 300 g/mol. The number of aryl methyl sites for hydroxylation is 1. The maximum Gasteiger partial charge on any atom is 0.0502 e. The van der Waals surface area contributed by atoms with Crippen molar-refractivity contribution in [3.05, 3.63) is 23.3 Å². The normalized spacial score (nSPS) is 14.8. The van der Waals surface area contributed by atoms with Crippen LogP contribution in [0.25, 0.3) is 0 Å². The molecule has 0 aromatic heterocycles. The SMILES string of the molecule is Cc1cc2c(cc1NS(=O)[O-])NCC2.[Y]. The molecule has 2 N–H and O–H groups in total. The van der Waals surface area contributed by atoms with Crippen LogP contribution in [-0.4, -0.2) is 15.3 Å². The van der Waals surface area contributed by atoms with Crippen molar-refractivity contribution in [3.8, 4) is 0 Å². The molecule has 6 heteroatoms. The first kappa shape index (κ1) is 13.1. The molecule has 1 unspecified atom stereocenters. The fourth-order valence-corrected chi connectivity index (χ4v) is 2.07. The van der Waals surface area contributed by atoms with Gasteiger partial charge in [-0.1, -0.05) is 6.07 Å². The van der Waals surface area contributed by atoms with Gasteiger partial charge in [-0.3, -0.25) is 4.21 Å². The van der Waals surface area contributed by atoms with Crippen LogP contribution in [0.5, 0.6) is 0 Å². The van der Waals surface area contributed by atoms with E-state index in [9.17, 15) is 8.76 Å². The van der Waals surface area contributed by atoms with Gasteiger partial charge in [-0.05, 0) is 30.5 Å². The van der Waals surface area contributed by atoms with Crippen LogP contribution in [0.15, 0.2) is 12.1 Å². The van der Waals surface area contributed by atoms with E-state index in [2.05, 4.69) is 10.0 Å². The molecule has 1 aliphatic rings. The predicted molar refractivity (Wildman–Crippen MR) is 55.9 cm³/mol. The Morgan fingerprint density at radius 2 is 2.27 bits per heavy atom. The molecule has 1 aromatic rings. The van der Waals surface area contributed by atoms with Crippen LogP contribution in [0.2, 0.25) is 0 Å². The van der Waals surface area contributed by atoms with Gasteiger partial charge in [0, 0.05) is 56.2 Å². The fraction of sp³-hybridized carbons (Fsp3) is 0.333. The van der Waals surface area contributed by atoms with Crippen LogP contribution in [0, 0.1) is 6.92 Å². The van der Waals surface area contributed by atoms with E-state index in [-0.39, 0.29) is 32.7 Å². The molecule has 0 aliphatic carbocycles. The van der Waals surface area contributed by atoms with Crippen LogP contribution in [0.3, 0.4) is 0 Å². The maximum atomic E-state index is 10.5. The molecule has 0 spiro atoms. The van der Waals surface area contributed by atoms with Crippen LogP contribution in [0.1, 0.15) is 11.1 Å². The van der Waals surface area contributed by atoms with Gasteiger partial charge in [0.2, 0.25) is 0 Å². The second-order valence-corrected chi connectivity index (χ2v) is 4.01. The Morgan fingerprint density at radius 3 is 2.93 bits per heavy atom. The van der Waals surface area contributed by atoms with Crippen molar-refractivity contribution in [1.82, 2.24) is 0 Å². The second kappa shape index (κ2) is 5.39. The van der Waals surface area contributed by atoms with E-state index in [4.69, 9.17) is 0 Å². The van der Waals surface area contributed by atoms with Gasteiger partial charge in [0.25, 0.3) is 0 Å². The number of anilines is 2. The van der Waals surface area contributed by atoms with E-state index >= 15 is 0 Å². The Morgan fingerprint density at radius 1 is 1.53 bits per heavy atom. The topological polar surface area (TPSA) is 64.2 Å². The summed E-state index contributed by atoms with van der Waals surface area (Å²) >= 11 is -2.25. The van der Waals surface area contributed by atoms with Crippen LogP contribution >= 0.6 is 0 Å². The molecule has 2 rings (SSSR count). The summed E-state index contributed by atoms with van der Waals surface area (Å²) in [4.78, 5) is 0. The molecule has 1 aliphatic heterocycles. The minimum absolute atomic E-state index is 0. The average Bonchev–Trinajstić information content (AvgIpc) is 2.51. The largest absolute Gasteiger partial charge is 0.755 e. The number of rotatable bonds is 2. The molecule has 1 aromatic carbocycles. The number of hydrogen-bond donors (Lipinski definition) is 2.